The minimum absolute atomic E-state index is 0.234. The highest BCUT2D eigenvalue weighted by molar-refractivity contribution is 5.70. The van der Waals surface area contributed by atoms with Crippen molar-refractivity contribution >= 4 is 6.29 Å². The van der Waals surface area contributed by atoms with Crippen molar-refractivity contribution in [1.82, 2.24) is 4.90 Å². The summed E-state index contributed by atoms with van der Waals surface area (Å²) in [4.78, 5) is 12.5. The molecule has 0 fully saturated rings. The number of aldehydes is 1. The molecule has 0 amide bonds. The topological polar surface area (TPSA) is 33.5 Å². The summed E-state index contributed by atoms with van der Waals surface area (Å²) in [7, 11) is 1.91. The van der Waals surface area contributed by atoms with Crippen molar-refractivity contribution < 1.29 is 13.6 Å². The zero-order valence-corrected chi connectivity index (χ0v) is 10.1. The quantitative estimate of drug-likeness (QED) is 0.762. The summed E-state index contributed by atoms with van der Waals surface area (Å²) in [6.07, 6.45) is 0.677. The molecule has 0 saturated carbocycles. The first-order valence-corrected chi connectivity index (χ1v) is 5.64. The van der Waals surface area contributed by atoms with Crippen LogP contribution in [-0.2, 0) is 13.1 Å². The van der Waals surface area contributed by atoms with Gasteiger partial charge in [0.05, 0.1) is 6.54 Å². The fourth-order valence-corrected chi connectivity index (χ4v) is 1.81. The molecule has 2 aromatic rings. The van der Waals surface area contributed by atoms with Crippen molar-refractivity contribution in [2.24, 2.45) is 0 Å². The number of carbonyl (C=O) groups is 1. The SMILES string of the molecule is CN(Cc1cccc(F)c1)Cc1ccc(C=O)o1. The monoisotopic (exact) mass is 247 g/mol. The molecular weight excluding hydrogens is 233 g/mol. The van der Waals surface area contributed by atoms with Crippen LogP contribution < -0.4 is 0 Å². The normalized spacial score (nSPS) is 10.8. The molecule has 0 radical (unpaired) electrons. The molecule has 3 nitrogen and oxygen atoms in total. The van der Waals surface area contributed by atoms with Crippen molar-refractivity contribution in [2.75, 3.05) is 7.05 Å². The Morgan fingerprint density at radius 3 is 2.78 bits per heavy atom. The number of hydrogen-bond donors (Lipinski definition) is 0. The molecule has 0 N–H and O–H groups in total. The molecule has 0 saturated heterocycles. The Balaban J connectivity index is 1.96. The van der Waals surface area contributed by atoms with E-state index in [4.69, 9.17) is 4.42 Å². The van der Waals surface area contributed by atoms with Gasteiger partial charge in [-0.15, -0.1) is 0 Å². The molecule has 0 aliphatic rings. The van der Waals surface area contributed by atoms with Crippen LogP contribution in [0.25, 0.3) is 0 Å². The van der Waals surface area contributed by atoms with E-state index in [1.807, 2.05) is 18.0 Å². The van der Waals surface area contributed by atoms with Crippen molar-refractivity contribution in [3.63, 3.8) is 0 Å². The van der Waals surface area contributed by atoms with Gasteiger partial charge in [0.2, 0.25) is 0 Å². The third kappa shape index (κ3) is 3.28. The molecule has 0 bridgehead atoms. The number of halogens is 1. The van der Waals surface area contributed by atoms with Gasteiger partial charge < -0.3 is 4.42 Å². The molecule has 2 rings (SSSR count). The lowest BCUT2D eigenvalue weighted by Crippen LogP contribution is -2.16. The predicted molar refractivity (Wildman–Crippen MR) is 65.7 cm³/mol. The highest BCUT2D eigenvalue weighted by Crippen LogP contribution is 2.11. The van der Waals surface area contributed by atoms with Gasteiger partial charge in [-0.3, -0.25) is 9.69 Å². The molecule has 0 spiro atoms. The number of rotatable bonds is 5. The third-order valence-corrected chi connectivity index (χ3v) is 2.57. The maximum atomic E-state index is 13.0. The summed E-state index contributed by atoms with van der Waals surface area (Å²) in [6, 6.07) is 9.90. The molecule has 1 aromatic carbocycles. The Morgan fingerprint density at radius 2 is 2.11 bits per heavy atom. The van der Waals surface area contributed by atoms with E-state index in [-0.39, 0.29) is 5.82 Å². The van der Waals surface area contributed by atoms with Crippen LogP contribution in [0.4, 0.5) is 4.39 Å². The lowest BCUT2D eigenvalue weighted by molar-refractivity contribution is 0.109. The highest BCUT2D eigenvalue weighted by atomic mass is 19.1. The molecular formula is C14H14FNO2. The maximum absolute atomic E-state index is 13.0. The van der Waals surface area contributed by atoms with Crippen LogP contribution in [-0.4, -0.2) is 18.2 Å². The van der Waals surface area contributed by atoms with E-state index >= 15 is 0 Å². The van der Waals surface area contributed by atoms with Crippen molar-refractivity contribution in [2.45, 2.75) is 13.1 Å². The van der Waals surface area contributed by atoms with Crippen molar-refractivity contribution in [1.29, 1.82) is 0 Å². The first-order valence-electron chi connectivity index (χ1n) is 5.64. The van der Waals surface area contributed by atoms with Crippen molar-refractivity contribution in [3.8, 4) is 0 Å². The Labute approximate surface area is 105 Å². The molecule has 4 heteroatoms. The first kappa shape index (κ1) is 12.5. The summed E-state index contributed by atoms with van der Waals surface area (Å²) in [5.74, 6) is 0.808. The highest BCUT2D eigenvalue weighted by Gasteiger charge is 2.06. The van der Waals surface area contributed by atoms with E-state index in [0.29, 0.717) is 25.1 Å². The van der Waals surface area contributed by atoms with E-state index in [0.717, 1.165) is 11.3 Å². The lowest BCUT2D eigenvalue weighted by atomic mass is 10.2. The van der Waals surface area contributed by atoms with E-state index in [1.165, 1.54) is 12.1 Å². The van der Waals surface area contributed by atoms with E-state index in [2.05, 4.69) is 0 Å². The summed E-state index contributed by atoms with van der Waals surface area (Å²) >= 11 is 0. The van der Waals surface area contributed by atoms with Gasteiger partial charge in [-0.2, -0.15) is 0 Å². The van der Waals surface area contributed by atoms with Gasteiger partial charge in [0.15, 0.2) is 12.0 Å². The Kier molecular flexibility index (Phi) is 3.89. The largest absolute Gasteiger partial charge is 0.457 e. The van der Waals surface area contributed by atoms with Crippen LogP contribution in [0.15, 0.2) is 40.8 Å². The van der Waals surface area contributed by atoms with E-state index in [9.17, 15) is 9.18 Å². The molecule has 0 aliphatic carbocycles. The van der Waals surface area contributed by atoms with E-state index in [1.54, 1.807) is 18.2 Å². The minimum Gasteiger partial charge on any atom is -0.457 e. The molecule has 0 aliphatic heterocycles. The van der Waals surface area contributed by atoms with Crippen LogP contribution in [0.5, 0.6) is 0 Å². The van der Waals surface area contributed by atoms with Crippen LogP contribution >= 0.6 is 0 Å². The lowest BCUT2D eigenvalue weighted by Gasteiger charge is -2.15. The summed E-state index contributed by atoms with van der Waals surface area (Å²) in [5.41, 5.74) is 0.902. The fraction of sp³-hybridized carbons (Fsp3) is 0.214. The van der Waals surface area contributed by atoms with Gasteiger partial charge in [-0.25, -0.2) is 4.39 Å². The molecule has 1 aromatic heterocycles. The third-order valence-electron chi connectivity index (χ3n) is 2.57. The average molecular weight is 247 g/mol. The number of benzene rings is 1. The fourth-order valence-electron chi connectivity index (χ4n) is 1.81. The first-order chi connectivity index (χ1) is 8.67. The second-order valence-corrected chi connectivity index (χ2v) is 4.22. The molecule has 94 valence electrons. The van der Waals surface area contributed by atoms with Crippen molar-refractivity contribution in [3.05, 3.63) is 59.3 Å². The zero-order chi connectivity index (χ0) is 13.0. The maximum Gasteiger partial charge on any atom is 0.185 e. The zero-order valence-electron chi connectivity index (χ0n) is 10.1. The van der Waals surface area contributed by atoms with Crippen LogP contribution in [0.3, 0.4) is 0 Å². The Bertz CT molecular complexity index is 536. The van der Waals surface area contributed by atoms with Gasteiger partial charge in [0.1, 0.15) is 11.6 Å². The summed E-state index contributed by atoms with van der Waals surface area (Å²) in [6.45, 7) is 1.19. The second kappa shape index (κ2) is 5.60. The molecule has 18 heavy (non-hydrogen) atoms. The minimum atomic E-state index is -0.234. The van der Waals surface area contributed by atoms with Gasteiger partial charge in [0.25, 0.3) is 0 Å². The Morgan fingerprint density at radius 1 is 1.28 bits per heavy atom. The van der Waals surface area contributed by atoms with E-state index < -0.39 is 0 Å². The number of hydrogen-bond acceptors (Lipinski definition) is 3. The molecule has 0 unspecified atom stereocenters. The van der Waals surface area contributed by atoms with Crippen LogP contribution in [0.1, 0.15) is 21.9 Å². The number of carbonyl (C=O) groups excluding carboxylic acids is 1. The van der Waals surface area contributed by atoms with Gasteiger partial charge in [0, 0.05) is 6.54 Å². The summed E-state index contributed by atoms with van der Waals surface area (Å²) < 4.78 is 18.3. The van der Waals surface area contributed by atoms with Crippen LogP contribution in [0.2, 0.25) is 0 Å². The second-order valence-electron chi connectivity index (χ2n) is 4.22. The smallest absolute Gasteiger partial charge is 0.185 e. The molecule has 0 atom stereocenters. The van der Waals surface area contributed by atoms with Gasteiger partial charge >= 0.3 is 0 Å². The number of nitrogens with zero attached hydrogens (tertiary/aromatic N) is 1. The summed E-state index contributed by atoms with van der Waals surface area (Å²) in [5, 5.41) is 0. The number of furan rings is 1. The van der Waals surface area contributed by atoms with Gasteiger partial charge in [-0.05, 0) is 36.9 Å². The average Bonchev–Trinajstić information content (AvgIpc) is 2.76. The van der Waals surface area contributed by atoms with Gasteiger partial charge in [-0.1, -0.05) is 12.1 Å². The van der Waals surface area contributed by atoms with Crippen LogP contribution in [0, 0.1) is 5.82 Å². The standard InChI is InChI=1S/C14H14FNO2/c1-16(8-11-3-2-4-12(15)7-11)9-13-5-6-14(10-17)18-13/h2-7,10H,8-9H2,1H3. The Hall–Kier alpha value is -1.94. The predicted octanol–water partition coefficient (Wildman–Crippen LogP) is 2.86. The molecule has 1 heterocycles.